The maximum Gasteiger partial charge on any atom is 0.244 e. The van der Waals surface area contributed by atoms with Crippen molar-refractivity contribution >= 4 is 21.6 Å². The molecule has 1 amide bonds. The van der Waals surface area contributed by atoms with Crippen molar-refractivity contribution in [3.05, 3.63) is 59.0 Å². The summed E-state index contributed by atoms with van der Waals surface area (Å²) in [6.07, 6.45) is 2.97. The number of nitrogens with zero attached hydrogens (tertiary/aromatic N) is 4. The standard InChI is InChI=1S/C21H25N5O3S/c1-14-11-15(2)20(16(3)12-14)30(28,29)26-10-6-7-17(26)21(27)22-13-19-24-23-18-8-4-5-9-25(18)19/h4-5,8-9,11-12,17H,6-7,10,13H2,1-3H3,(H,22,27). The van der Waals surface area contributed by atoms with Crippen LogP contribution >= 0.6 is 0 Å². The largest absolute Gasteiger partial charge is 0.347 e. The minimum absolute atomic E-state index is 0.178. The molecule has 0 saturated carbocycles. The fourth-order valence-electron chi connectivity index (χ4n) is 4.28. The number of aromatic nitrogens is 3. The molecule has 3 aromatic rings. The number of pyridine rings is 1. The van der Waals surface area contributed by atoms with Gasteiger partial charge >= 0.3 is 0 Å². The molecule has 0 aliphatic carbocycles. The summed E-state index contributed by atoms with van der Waals surface area (Å²) in [5, 5.41) is 11.0. The molecule has 1 saturated heterocycles. The Morgan fingerprint density at radius 1 is 1.17 bits per heavy atom. The number of hydrogen-bond acceptors (Lipinski definition) is 5. The average Bonchev–Trinajstić information content (AvgIpc) is 3.33. The molecule has 8 nitrogen and oxygen atoms in total. The number of rotatable bonds is 5. The van der Waals surface area contributed by atoms with Gasteiger partial charge in [-0.2, -0.15) is 4.31 Å². The number of aryl methyl sites for hydroxylation is 3. The number of fused-ring (bicyclic) bond motifs is 1. The summed E-state index contributed by atoms with van der Waals surface area (Å²) in [5.74, 6) is 0.280. The Kier molecular flexibility index (Phi) is 5.33. The van der Waals surface area contributed by atoms with E-state index in [0.29, 0.717) is 46.9 Å². The molecule has 2 aromatic heterocycles. The van der Waals surface area contributed by atoms with Crippen LogP contribution in [0.25, 0.3) is 5.65 Å². The van der Waals surface area contributed by atoms with Crippen molar-refractivity contribution in [1.29, 1.82) is 0 Å². The second-order valence-corrected chi connectivity index (χ2v) is 9.59. The first-order valence-corrected chi connectivity index (χ1v) is 11.4. The van der Waals surface area contributed by atoms with Crippen LogP contribution in [0.15, 0.2) is 41.4 Å². The van der Waals surface area contributed by atoms with Gasteiger partial charge in [0.15, 0.2) is 11.5 Å². The minimum Gasteiger partial charge on any atom is -0.347 e. The van der Waals surface area contributed by atoms with Crippen LogP contribution < -0.4 is 5.32 Å². The van der Waals surface area contributed by atoms with Gasteiger partial charge in [-0.1, -0.05) is 23.8 Å². The van der Waals surface area contributed by atoms with Gasteiger partial charge in [0.2, 0.25) is 15.9 Å². The number of hydrogen-bond donors (Lipinski definition) is 1. The van der Waals surface area contributed by atoms with Gasteiger partial charge in [-0.25, -0.2) is 8.42 Å². The molecule has 0 bridgehead atoms. The van der Waals surface area contributed by atoms with E-state index in [1.54, 1.807) is 18.2 Å². The molecule has 158 valence electrons. The molecule has 1 aromatic carbocycles. The SMILES string of the molecule is Cc1cc(C)c(S(=O)(=O)N2CCCC2C(=O)NCc2nnc3ccccn23)c(C)c1. The van der Waals surface area contributed by atoms with Crippen LogP contribution in [0.4, 0.5) is 0 Å². The van der Waals surface area contributed by atoms with E-state index in [-0.39, 0.29) is 12.5 Å². The summed E-state index contributed by atoms with van der Waals surface area (Å²) in [4.78, 5) is 13.2. The Morgan fingerprint density at radius 2 is 1.90 bits per heavy atom. The van der Waals surface area contributed by atoms with Crippen molar-refractivity contribution in [1.82, 2.24) is 24.2 Å². The highest BCUT2D eigenvalue weighted by Crippen LogP contribution is 2.30. The first kappa shape index (κ1) is 20.5. The van der Waals surface area contributed by atoms with Crippen molar-refractivity contribution in [2.75, 3.05) is 6.54 Å². The van der Waals surface area contributed by atoms with E-state index >= 15 is 0 Å². The van der Waals surface area contributed by atoms with Crippen LogP contribution in [0.3, 0.4) is 0 Å². The van der Waals surface area contributed by atoms with E-state index < -0.39 is 16.1 Å². The molecule has 1 atom stereocenters. The van der Waals surface area contributed by atoms with Gasteiger partial charge < -0.3 is 5.32 Å². The van der Waals surface area contributed by atoms with E-state index in [2.05, 4.69) is 15.5 Å². The average molecular weight is 428 g/mol. The van der Waals surface area contributed by atoms with Crippen molar-refractivity contribution in [3.63, 3.8) is 0 Å². The molecule has 4 rings (SSSR count). The van der Waals surface area contributed by atoms with E-state index in [9.17, 15) is 13.2 Å². The number of benzene rings is 1. The highest BCUT2D eigenvalue weighted by molar-refractivity contribution is 7.89. The van der Waals surface area contributed by atoms with Gasteiger partial charge in [-0.15, -0.1) is 10.2 Å². The quantitative estimate of drug-likeness (QED) is 0.673. The molecule has 1 fully saturated rings. The molecule has 1 aliphatic heterocycles. The maximum atomic E-state index is 13.4. The van der Waals surface area contributed by atoms with Gasteiger partial charge in [0.1, 0.15) is 6.04 Å². The lowest BCUT2D eigenvalue weighted by atomic mass is 10.1. The Labute approximate surface area is 176 Å². The lowest BCUT2D eigenvalue weighted by Gasteiger charge is -2.25. The summed E-state index contributed by atoms with van der Waals surface area (Å²) in [6, 6.07) is 8.55. The Balaban J connectivity index is 1.55. The van der Waals surface area contributed by atoms with E-state index in [1.165, 1.54) is 4.31 Å². The number of nitrogens with one attached hydrogen (secondary N) is 1. The third kappa shape index (κ3) is 3.59. The zero-order valence-corrected chi connectivity index (χ0v) is 18.1. The smallest absolute Gasteiger partial charge is 0.244 e. The molecule has 1 unspecified atom stereocenters. The van der Waals surface area contributed by atoms with E-state index in [0.717, 1.165) is 5.56 Å². The summed E-state index contributed by atoms with van der Waals surface area (Å²) < 4.78 is 30.0. The van der Waals surface area contributed by atoms with Crippen LogP contribution in [0.5, 0.6) is 0 Å². The monoisotopic (exact) mass is 427 g/mol. The van der Waals surface area contributed by atoms with Gasteiger partial charge in [0.05, 0.1) is 11.4 Å². The number of carbonyl (C=O) groups excluding carboxylic acids is 1. The summed E-state index contributed by atoms with van der Waals surface area (Å²) >= 11 is 0. The molecule has 9 heteroatoms. The molecule has 3 heterocycles. The van der Waals surface area contributed by atoms with Gasteiger partial charge in [-0.3, -0.25) is 9.20 Å². The molecule has 1 aliphatic rings. The molecular formula is C21H25N5O3S. The summed E-state index contributed by atoms with van der Waals surface area (Å²) in [7, 11) is -3.78. The Hall–Kier alpha value is -2.78. The van der Waals surface area contributed by atoms with Gasteiger partial charge in [-0.05, 0) is 56.9 Å². The van der Waals surface area contributed by atoms with Crippen molar-refractivity contribution < 1.29 is 13.2 Å². The second kappa shape index (κ2) is 7.81. The number of amides is 1. The summed E-state index contributed by atoms with van der Waals surface area (Å²) in [5.41, 5.74) is 3.11. The van der Waals surface area contributed by atoms with Gasteiger partial charge in [0.25, 0.3) is 0 Å². The third-order valence-corrected chi connectivity index (χ3v) is 7.70. The van der Waals surface area contributed by atoms with Crippen LogP contribution in [0, 0.1) is 20.8 Å². The Morgan fingerprint density at radius 3 is 2.63 bits per heavy atom. The van der Waals surface area contributed by atoms with Crippen LogP contribution in [0.1, 0.15) is 35.4 Å². The zero-order chi connectivity index (χ0) is 21.5. The topological polar surface area (TPSA) is 96.7 Å². The third-order valence-electron chi connectivity index (χ3n) is 5.48. The predicted octanol–water partition coefficient (Wildman–Crippen LogP) is 2.12. The predicted molar refractivity (Wildman–Crippen MR) is 112 cm³/mol. The first-order valence-electron chi connectivity index (χ1n) is 9.95. The zero-order valence-electron chi connectivity index (χ0n) is 17.3. The highest BCUT2D eigenvalue weighted by atomic mass is 32.2. The molecule has 30 heavy (non-hydrogen) atoms. The fourth-order valence-corrected chi connectivity index (χ4v) is 6.35. The molecule has 0 spiro atoms. The van der Waals surface area contributed by atoms with Gasteiger partial charge in [0, 0.05) is 12.7 Å². The van der Waals surface area contributed by atoms with Crippen molar-refractivity contribution in [2.45, 2.75) is 51.1 Å². The number of sulfonamides is 1. The first-order chi connectivity index (χ1) is 14.3. The lowest BCUT2D eigenvalue weighted by molar-refractivity contribution is -0.124. The highest BCUT2D eigenvalue weighted by Gasteiger charge is 2.40. The molecule has 1 N–H and O–H groups in total. The van der Waals surface area contributed by atoms with Crippen molar-refractivity contribution in [2.24, 2.45) is 0 Å². The minimum atomic E-state index is -3.78. The summed E-state index contributed by atoms with van der Waals surface area (Å²) in [6.45, 7) is 6.05. The van der Waals surface area contributed by atoms with E-state index in [1.807, 2.05) is 43.5 Å². The van der Waals surface area contributed by atoms with Crippen LogP contribution in [0.2, 0.25) is 0 Å². The molecule has 0 radical (unpaired) electrons. The van der Waals surface area contributed by atoms with Crippen LogP contribution in [-0.4, -0.2) is 45.8 Å². The lowest BCUT2D eigenvalue weighted by Crippen LogP contribution is -2.46. The Bertz CT molecular complexity index is 1200. The fraction of sp³-hybridized carbons (Fsp3) is 0.381. The normalized spacial score (nSPS) is 17.5. The maximum absolute atomic E-state index is 13.4. The van der Waals surface area contributed by atoms with Crippen LogP contribution in [-0.2, 0) is 21.4 Å². The molecular weight excluding hydrogens is 402 g/mol. The van der Waals surface area contributed by atoms with Crippen molar-refractivity contribution in [3.8, 4) is 0 Å². The van der Waals surface area contributed by atoms with E-state index in [4.69, 9.17) is 0 Å². The number of carbonyl (C=O) groups is 1. The second-order valence-electron chi connectivity index (χ2n) is 7.76.